The zero-order chi connectivity index (χ0) is 20.0. The van der Waals surface area contributed by atoms with E-state index in [0.29, 0.717) is 13.0 Å². The Balaban J connectivity index is 0.00000392. The molecule has 0 saturated carbocycles. The van der Waals surface area contributed by atoms with Gasteiger partial charge in [-0.3, -0.25) is 4.79 Å². The minimum atomic E-state index is -3.92. The summed E-state index contributed by atoms with van der Waals surface area (Å²) in [4.78, 5) is 23.8. The number of esters is 1. The summed E-state index contributed by atoms with van der Waals surface area (Å²) in [5.74, 6) is -0.895. The van der Waals surface area contributed by atoms with Crippen LogP contribution in [0.1, 0.15) is 41.6 Å². The molecule has 8 nitrogen and oxygen atoms in total. The molecule has 1 heterocycles. The average Bonchev–Trinajstić information content (AvgIpc) is 2.66. The molecule has 1 unspecified atom stereocenters. The van der Waals surface area contributed by atoms with Crippen LogP contribution in [0.15, 0.2) is 23.1 Å². The van der Waals surface area contributed by atoms with Gasteiger partial charge in [-0.2, -0.15) is 4.31 Å². The van der Waals surface area contributed by atoms with Crippen molar-refractivity contribution in [1.82, 2.24) is 9.62 Å². The molecular formula is C18H28ClN3O5S. The molecule has 2 rings (SSSR count). The van der Waals surface area contributed by atoms with Crippen molar-refractivity contribution in [2.24, 2.45) is 5.73 Å². The maximum atomic E-state index is 13.3. The quantitative estimate of drug-likeness (QED) is 0.624. The van der Waals surface area contributed by atoms with E-state index in [4.69, 9.17) is 10.5 Å². The van der Waals surface area contributed by atoms with Crippen molar-refractivity contribution in [3.63, 3.8) is 0 Å². The molecule has 0 aliphatic carbocycles. The summed E-state index contributed by atoms with van der Waals surface area (Å²) in [7, 11) is -2.70. The second-order valence-corrected chi connectivity index (χ2v) is 8.46. The number of halogens is 1. The van der Waals surface area contributed by atoms with E-state index in [-0.39, 0.29) is 54.3 Å². The number of ether oxygens (including phenoxy) is 1. The zero-order valence-electron chi connectivity index (χ0n) is 16.1. The maximum absolute atomic E-state index is 13.3. The topological polar surface area (TPSA) is 119 Å². The number of aryl methyl sites for hydroxylation is 1. The highest BCUT2D eigenvalue weighted by molar-refractivity contribution is 7.89. The lowest BCUT2D eigenvalue weighted by Gasteiger charge is -2.35. The monoisotopic (exact) mass is 433 g/mol. The molecule has 1 aliphatic heterocycles. The van der Waals surface area contributed by atoms with Crippen LogP contribution in [0.25, 0.3) is 0 Å². The number of hydrogen-bond donors (Lipinski definition) is 2. The van der Waals surface area contributed by atoms with Crippen molar-refractivity contribution in [1.29, 1.82) is 0 Å². The smallest absolute Gasteiger partial charge is 0.339 e. The molecule has 1 amide bonds. The number of methoxy groups -OCH3 is 1. The van der Waals surface area contributed by atoms with Gasteiger partial charge >= 0.3 is 5.97 Å². The third kappa shape index (κ3) is 5.66. The van der Waals surface area contributed by atoms with Crippen LogP contribution in [0.4, 0.5) is 0 Å². The lowest BCUT2D eigenvalue weighted by molar-refractivity contribution is -0.121. The zero-order valence-corrected chi connectivity index (χ0v) is 17.8. The highest BCUT2D eigenvalue weighted by atomic mass is 35.5. The molecule has 1 aromatic rings. The van der Waals surface area contributed by atoms with Crippen molar-refractivity contribution in [3.8, 4) is 0 Å². The molecule has 1 atom stereocenters. The molecule has 0 radical (unpaired) electrons. The number of benzene rings is 1. The Morgan fingerprint density at radius 2 is 2.04 bits per heavy atom. The molecule has 1 fully saturated rings. The highest BCUT2D eigenvalue weighted by Gasteiger charge is 2.36. The maximum Gasteiger partial charge on any atom is 0.339 e. The van der Waals surface area contributed by atoms with Gasteiger partial charge in [-0.1, -0.05) is 18.1 Å². The van der Waals surface area contributed by atoms with Gasteiger partial charge in [0.15, 0.2) is 0 Å². The molecule has 0 bridgehead atoms. The van der Waals surface area contributed by atoms with Gasteiger partial charge in [0.1, 0.15) is 0 Å². The van der Waals surface area contributed by atoms with Crippen molar-refractivity contribution >= 4 is 34.3 Å². The van der Waals surface area contributed by atoms with E-state index in [2.05, 4.69) is 5.32 Å². The second-order valence-electron chi connectivity index (χ2n) is 6.60. The lowest BCUT2D eigenvalue weighted by atomic mass is 10.1. The van der Waals surface area contributed by atoms with Gasteiger partial charge in [0.25, 0.3) is 0 Å². The molecule has 3 N–H and O–H groups in total. The number of nitrogens with zero attached hydrogens (tertiary/aromatic N) is 1. The van der Waals surface area contributed by atoms with Crippen molar-refractivity contribution in [2.75, 3.05) is 26.7 Å². The van der Waals surface area contributed by atoms with Gasteiger partial charge in [0, 0.05) is 32.1 Å². The Bertz CT molecular complexity index is 800. The van der Waals surface area contributed by atoms with E-state index in [1.807, 2.05) is 0 Å². The van der Waals surface area contributed by atoms with Gasteiger partial charge in [-0.15, -0.1) is 12.4 Å². The first-order valence-electron chi connectivity index (χ1n) is 8.98. The fourth-order valence-corrected chi connectivity index (χ4v) is 5.06. The predicted molar refractivity (Wildman–Crippen MR) is 108 cm³/mol. The summed E-state index contributed by atoms with van der Waals surface area (Å²) in [6, 6.07) is 4.25. The molecule has 1 aromatic carbocycles. The van der Waals surface area contributed by atoms with Crippen LogP contribution in [0.3, 0.4) is 0 Å². The van der Waals surface area contributed by atoms with E-state index in [9.17, 15) is 18.0 Å². The minimum absolute atomic E-state index is 0. The Morgan fingerprint density at radius 3 is 2.68 bits per heavy atom. The molecule has 0 aromatic heterocycles. The van der Waals surface area contributed by atoms with E-state index in [1.54, 1.807) is 13.0 Å². The molecule has 158 valence electrons. The van der Waals surface area contributed by atoms with E-state index >= 15 is 0 Å². The molecule has 1 aliphatic rings. The van der Waals surface area contributed by atoms with Crippen LogP contribution in [0, 0.1) is 6.92 Å². The summed E-state index contributed by atoms with van der Waals surface area (Å²) < 4.78 is 32.8. The minimum Gasteiger partial charge on any atom is -0.465 e. The summed E-state index contributed by atoms with van der Waals surface area (Å²) in [6.45, 7) is 2.58. The van der Waals surface area contributed by atoms with Gasteiger partial charge in [0.05, 0.1) is 17.6 Å². The number of amides is 1. The summed E-state index contributed by atoms with van der Waals surface area (Å²) in [5.41, 5.74) is 6.15. The number of piperidine rings is 1. The number of sulfonamides is 1. The number of carbonyl (C=O) groups excluding carboxylic acids is 2. The van der Waals surface area contributed by atoms with Crippen LogP contribution in [0.5, 0.6) is 0 Å². The second kappa shape index (κ2) is 10.8. The number of carbonyl (C=O) groups is 2. The van der Waals surface area contributed by atoms with Crippen LogP contribution in [-0.4, -0.2) is 57.4 Å². The van der Waals surface area contributed by atoms with Crippen molar-refractivity contribution < 1.29 is 22.7 Å². The standard InChI is InChI=1S/C18H27N3O5S.ClH/c1-13-6-7-16(15(11-13)18(23)26-2)27(24,25)21-10-4-3-5-14(21)12-20-17(22)8-9-19;/h6-7,11,14H,3-5,8-10,12,19H2,1-2H3,(H,20,22);1H. The lowest BCUT2D eigenvalue weighted by Crippen LogP contribution is -2.49. The van der Waals surface area contributed by atoms with E-state index in [1.165, 1.54) is 23.5 Å². The fraction of sp³-hybridized carbons (Fsp3) is 0.556. The number of rotatable bonds is 7. The Morgan fingerprint density at radius 1 is 1.32 bits per heavy atom. The molecule has 1 saturated heterocycles. The highest BCUT2D eigenvalue weighted by Crippen LogP contribution is 2.28. The SMILES string of the molecule is COC(=O)c1cc(C)ccc1S(=O)(=O)N1CCCCC1CNC(=O)CCN.Cl. The average molecular weight is 434 g/mol. The van der Waals surface area contributed by atoms with Crippen LogP contribution < -0.4 is 11.1 Å². The first kappa shape index (κ1) is 24.4. The predicted octanol–water partition coefficient (Wildman–Crippen LogP) is 1.21. The Labute approximate surface area is 172 Å². The normalized spacial score (nSPS) is 17.5. The molecule has 10 heteroatoms. The number of nitrogens with one attached hydrogen (secondary N) is 1. The van der Waals surface area contributed by atoms with E-state index in [0.717, 1.165) is 18.4 Å². The van der Waals surface area contributed by atoms with Crippen molar-refractivity contribution in [2.45, 2.75) is 43.5 Å². The number of hydrogen-bond acceptors (Lipinski definition) is 6. The summed E-state index contributed by atoms with van der Waals surface area (Å²) in [5, 5.41) is 2.75. The molecular weight excluding hydrogens is 406 g/mol. The first-order chi connectivity index (χ1) is 12.8. The van der Waals surface area contributed by atoms with Gasteiger partial charge < -0.3 is 15.8 Å². The summed E-state index contributed by atoms with van der Waals surface area (Å²) in [6.07, 6.45) is 2.44. The van der Waals surface area contributed by atoms with Crippen LogP contribution >= 0.6 is 12.4 Å². The Hall–Kier alpha value is -1.68. The third-order valence-corrected chi connectivity index (χ3v) is 6.62. The van der Waals surface area contributed by atoms with Gasteiger partial charge in [0.2, 0.25) is 15.9 Å². The first-order valence-corrected chi connectivity index (χ1v) is 10.4. The van der Waals surface area contributed by atoms with Crippen molar-refractivity contribution in [3.05, 3.63) is 29.3 Å². The number of nitrogens with two attached hydrogens (primary N) is 1. The van der Waals surface area contributed by atoms with Gasteiger partial charge in [-0.25, -0.2) is 13.2 Å². The fourth-order valence-electron chi connectivity index (χ4n) is 3.21. The van der Waals surface area contributed by atoms with Crippen LogP contribution in [-0.2, 0) is 19.6 Å². The Kier molecular flexibility index (Phi) is 9.35. The van der Waals surface area contributed by atoms with Gasteiger partial charge in [-0.05, 0) is 31.9 Å². The van der Waals surface area contributed by atoms with E-state index < -0.39 is 16.0 Å². The molecule has 28 heavy (non-hydrogen) atoms. The van der Waals surface area contributed by atoms with Crippen LogP contribution in [0.2, 0.25) is 0 Å². The molecule has 0 spiro atoms. The largest absolute Gasteiger partial charge is 0.465 e. The summed E-state index contributed by atoms with van der Waals surface area (Å²) >= 11 is 0. The third-order valence-electron chi connectivity index (χ3n) is 4.61.